The van der Waals surface area contributed by atoms with Crippen LogP contribution in [0.15, 0.2) is 235 Å². The van der Waals surface area contributed by atoms with Crippen molar-refractivity contribution in [3.8, 4) is 22.3 Å². The van der Waals surface area contributed by atoms with Crippen molar-refractivity contribution >= 4 is 28.0 Å². The van der Waals surface area contributed by atoms with E-state index in [1.807, 2.05) is 0 Å². The SMILES string of the molecule is CCCc1ccc(C2(c3ccccc3)c3ccccc3-c3ccc(N(c4ccc5c(c4)C(c4ccccc4)(c4ccccc4)c4ccccc4-5)c4ccc5occc5c4)cc32)cc1. The first-order chi connectivity index (χ1) is 31.2. The first-order valence-electron chi connectivity index (χ1n) is 22.2. The first-order valence-corrected chi connectivity index (χ1v) is 22.2. The van der Waals surface area contributed by atoms with Gasteiger partial charge in [0, 0.05) is 22.4 Å². The Morgan fingerprint density at radius 3 is 1.32 bits per heavy atom. The van der Waals surface area contributed by atoms with Crippen LogP contribution in [0.25, 0.3) is 33.2 Å². The number of rotatable bonds is 9. The molecule has 0 aliphatic heterocycles. The number of hydrogen-bond donors (Lipinski definition) is 0. The third-order valence-corrected chi connectivity index (χ3v) is 13.8. The van der Waals surface area contributed by atoms with Crippen LogP contribution in [0.4, 0.5) is 17.1 Å². The molecule has 0 N–H and O–H groups in total. The van der Waals surface area contributed by atoms with Crippen LogP contribution in [0.1, 0.15) is 63.4 Å². The van der Waals surface area contributed by atoms with Crippen LogP contribution in [0.3, 0.4) is 0 Å². The van der Waals surface area contributed by atoms with E-state index in [-0.39, 0.29) is 0 Å². The number of furan rings is 1. The fourth-order valence-electron chi connectivity index (χ4n) is 11.2. The van der Waals surface area contributed by atoms with Crippen LogP contribution in [0.5, 0.6) is 0 Å². The second-order valence-electron chi connectivity index (χ2n) is 17.1. The maximum atomic E-state index is 5.91. The number of benzene rings is 9. The average molecular weight is 808 g/mol. The summed E-state index contributed by atoms with van der Waals surface area (Å²) in [7, 11) is 0. The molecular weight excluding hydrogens is 763 g/mol. The smallest absolute Gasteiger partial charge is 0.133 e. The summed E-state index contributed by atoms with van der Waals surface area (Å²) >= 11 is 0. The lowest BCUT2D eigenvalue weighted by atomic mass is 9.67. The Labute approximate surface area is 369 Å². The molecule has 1 unspecified atom stereocenters. The minimum atomic E-state index is -0.538. The summed E-state index contributed by atoms with van der Waals surface area (Å²) in [6, 6.07) is 83.7. The summed E-state index contributed by atoms with van der Waals surface area (Å²) < 4.78 is 5.91. The lowest BCUT2D eigenvalue weighted by Gasteiger charge is -2.36. The summed E-state index contributed by atoms with van der Waals surface area (Å²) in [5.41, 5.74) is 19.7. The molecule has 2 nitrogen and oxygen atoms in total. The lowest BCUT2D eigenvalue weighted by Crippen LogP contribution is -2.29. The normalized spacial score (nSPS) is 15.4. The lowest BCUT2D eigenvalue weighted by molar-refractivity contribution is 0.616. The van der Waals surface area contributed by atoms with Crippen LogP contribution in [-0.2, 0) is 17.3 Å². The molecular formula is C61H45NO. The zero-order valence-electron chi connectivity index (χ0n) is 35.2. The predicted molar refractivity (Wildman–Crippen MR) is 259 cm³/mol. The Balaban J connectivity index is 1.13. The van der Waals surface area contributed by atoms with Crippen molar-refractivity contribution in [2.24, 2.45) is 0 Å². The van der Waals surface area contributed by atoms with Crippen molar-refractivity contribution in [1.82, 2.24) is 0 Å². The Kier molecular flexibility index (Phi) is 8.69. The van der Waals surface area contributed by atoms with Gasteiger partial charge in [-0.05, 0) is 127 Å². The van der Waals surface area contributed by atoms with Crippen LogP contribution >= 0.6 is 0 Å². The van der Waals surface area contributed by atoms with Gasteiger partial charge in [0.25, 0.3) is 0 Å². The van der Waals surface area contributed by atoms with Crippen molar-refractivity contribution in [3.63, 3.8) is 0 Å². The summed E-state index contributed by atoms with van der Waals surface area (Å²) in [6.07, 6.45) is 3.96. The van der Waals surface area contributed by atoms with Gasteiger partial charge >= 0.3 is 0 Å². The van der Waals surface area contributed by atoms with Gasteiger partial charge in [-0.1, -0.05) is 189 Å². The molecule has 300 valence electrons. The summed E-state index contributed by atoms with van der Waals surface area (Å²) in [4.78, 5) is 2.46. The molecule has 2 aliphatic carbocycles. The van der Waals surface area contributed by atoms with E-state index in [0.717, 1.165) is 40.9 Å². The summed E-state index contributed by atoms with van der Waals surface area (Å²) in [5, 5.41) is 1.06. The molecule has 0 fully saturated rings. The molecule has 12 rings (SSSR count). The summed E-state index contributed by atoms with van der Waals surface area (Å²) in [5.74, 6) is 0. The van der Waals surface area contributed by atoms with Crippen molar-refractivity contribution in [2.45, 2.75) is 30.6 Å². The van der Waals surface area contributed by atoms with Crippen LogP contribution in [0.2, 0.25) is 0 Å². The Bertz CT molecular complexity index is 3250. The summed E-state index contributed by atoms with van der Waals surface area (Å²) in [6.45, 7) is 2.25. The second-order valence-corrected chi connectivity index (χ2v) is 17.1. The van der Waals surface area contributed by atoms with E-state index in [4.69, 9.17) is 4.42 Å². The van der Waals surface area contributed by atoms with E-state index in [2.05, 4.69) is 236 Å². The van der Waals surface area contributed by atoms with Crippen LogP contribution in [-0.4, -0.2) is 0 Å². The standard InChI is InChI=1S/C61H45NO/c1-2-16-42-27-29-47(30-28-42)61(46-21-10-5-11-22-46)56-26-15-13-24-52(56)54-35-32-50(41-58(54)61)62(48-33-36-59-43(39-48)37-38-63-59)49-31-34-53-51-23-12-14-25-55(51)60(57(53)40-49,44-17-6-3-7-18-44)45-19-8-4-9-20-45/h3-15,17-41H,2,16H2,1H3. The van der Waals surface area contributed by atoms with Gasteiger partial charge in [0.1, 0.15) is 5.58 Å². The third-order valence-electron chi connectivity index (χ3n) is 13.8. The molecule has 1 atom stereocenters. The highest BCUT2D eigenvalue weighted by Gasteiger charge is 2.48. The number of aryl methyl sites for hydroxylation is 1. The van der Waals surface area contributed by atoms with Gasteiger partial charge < -0.3 is 9.32 Å². The molecule has 1 aromatic heterocycles. The van der Waals surface area contributed by atoms with Gasteiger partial charge in [0.05, 0.1) is 17.1 Å². The van der Waals surface area contributed by atoms with Gasteiger partial charge in [-0.3, -0.25) is 0 Å². The zero-order chi connectivity index (χ0) is 42.0. The molecule has 63 heavy (non-hydrogen) atoms. The topological polar surface area (TPSA) is 16.4 Å². The minimum Gasteiger partial charge on any atom is -0.464 e. The second kappa shape index (κ2) is 14.8. The van der Waals surface area contributed by atoms with Gasteiger partial charge in [-0.2, -0.15) is 0 Å². The fraction of sp³-hybridized carbons (Fsp3) is 0.0820. The van der Waals surface area contributed by atoms with Gasteiger partial charge in [-0.15, -0.1) is 0 Å². The van der Waals surface area contributed by atoms with Crippen molar-refractivity contribution in [1.29, 1.82) is 0 Å². The molecule has 9 aromatic carbocycles. The van der Waals surface area contributed by atoms with Crippen molar-refractivity contribution < 1.29 is 4.42 Å². The number of anilines is 3. The molecule has 10 aromatic rings. The third kappa shape index (κ3) is 5.51. The highest BCUT2D eigenvalue weighted by Crippen LogP contribution is 2.59. The van der Waals surface area contributed by atoms with Crippen molar-refractivity contribution in [2.75, 3.05) is 4.90 Å². The Morgan fingerprint density at radius 1 is 0.381 bits per heavy atom. The number of fused-ring (bicyclic) bond motifs is 7. The Hall–Kier alpha value is -7.68. The highest BCUT2D eigenvalue weighted by molar-refractivity contribution is 5.93. The highest BCUT2D eigenvalue weighted by atomic mass is 16.3. The van der Waals surface area contributed by atoms with E-state index in [1.165, 1.54) is 72.3 Å². The number of hydrogen-bond acceptors (Lipinski definition) is 2. The molecule has 0 bridgehead atoms. The van der Waals surface area contributed by atoms with Gasteiger partial charge in [0.15, 0.2) is 0 Å². The van der Waals surface area contributed by atoms with Crippen molar-refractivity contribution in [3.05, 3.63) is 281 Å². The van der Waals surface area contributed by atoms with E-state index < -0.39 is 10.8 Å². The van der Waals surface area contributed by atoms with Crippen LogP contribution < -0.4 is 4.90 Å². The monoisotopic (exact) mass is 807 g/mol. The first kappa shape index (κ1) is 37.1. The quantitative estimate of drug-likeness (QED) is 0.144. The molecule has 0 spiro atoms. The predicted octanol–water partition coefficient (Wildman–Crippen LogP) is 15.6. The van der Waals surface area contributed by atoms with E-state index in [1.54, 1.807) is 6.26 Å². The fourth-order valence-corrected chi connectivity index (χ4v) is 11.2. The molecule has 0 radical (unpaired) electrons. The maximum Gasteiger partial charge on any atom is 0.133 e. The van der Waals surface area contributed by atoms with E-state index in [0.29, 0.717) is 0 Å². The Morgan fingerprint density at radius 2 is 0.810 bits per heavy atom. The molecule has 2 aliphatic rings. The van der Waals surface area contributed by atoms with Gasteiger partial charge in [-0.25, -0.2) is 0 Å². The molecule has 0 saturated carbocycles. The van der Waals surface area contributed by atoms with Gasteiger partial charge in [0.2, 0.25) is 0 Å². The molecule has 0 amide bonds. The number of nitrogens with zero attached hydrogens (tertiary/aromatic N) is 1. The van der Waals surface area contributed by atoms with E-state index in [9.17, 15) is 0 Å². The molecule has 1 heterocycles. The largest absolute Gasteiger partial charge is 0.464 e. The zero-order valence-corrected chi connectivity index (χ0v) is 35.2. The minimum absolute atomic E-state index is 0.531. The maximum absolute atomic E-state index is 5.91. The van der Waals surface area contributed by atoms with Crippen LogP contribution in [0, 0.1) is 0 Å². The molecule has 0 saturated heterocycles. The average Bonchev–Trinajstić information content (AvgIpc) is 4.03. The van der Waals surface area contributed by atoms with E-state index >= 15 is 0 Å². The molecule has 2 heteroatoms.